The molecule has 1 N–H and O–H groups in total. The number of halogens is 1. The van der Waals surface area contributed by atoms with Crippen LogP contribution in [-0.2, 0) is 10.0 Å². The van der Waals surface area contributed by atoms with E-state index >= 15 is 0 Å². The SMILES string of the molecule is O=S(=O)(Nc1ccc(F)cc1)c1cc(-c2noc(C3CC3)n2)cs1. The molecule has 124 valence electrons. The number of hydrogen-bond acceptors (Lipinski definition) is 6. The summed E-state index contributed by atoms with van der Waals surface area (Å²) < 4.78 is 45.4. The largest absolute Gasteiger partial charge is 0.339 e. The second-order valence-corrected chi connectivity index (χ2v) is 8.32. The van der Waals surface area contributed by atoms with Crippen LogP contribution < -0.4 is 4.72 Å². The van der Waals surface area contributed by atoms with Gasteiger partial charge in [-0.2, -0.15) is 4.98 Å². The second-order valence-electron chi connectivity index (χ2n) is 5.50. The number of benzene rings is 1. The maximum atomic E-state index is 12.9. The Morgan fingerprint density at radius 3 is 2.71 bits per heavy atom. The van der Waals surface area contributed by atoms with Crippen molar-refractivity contribution >= 4 is 27.0 Å². The zero-order chi connectivity index (χ0) is 16.7. The van der Waals surface area contributed by atoms with Gasteiger partial charge in [-0.3, -0.25) is 4.72 Å². The highest BCUT2D eigenvalue weighted by molar-refractivity contribution is 7.94. The molecule has 1 fully saturated rings. The van der Waals surface area contributed by atoms with Crippen LogP contribution in [-0.4, -0.2) is 18.6 Å². The summed E-state index contributed by atoms with van der Waals surface area (Å²) in [7, 11) is -3.75. The molecule has 1 saturated carbocycles. The van der Waals surface area contributed by atoms with E-state index in [0.717, 1.165) is 24.2 Å². The minimum absolute atomic E-state index is 0.125. The van der Waals surface area contributed by atoms with Gasteiger partial charge in [0.05, 0.1) is 0 Å². The molecule has 3 aromatic rings. The lowest BCUT2D eigenvalue weighted by molar-refractivity contribution is 0.380. The highest BCUT2D eigenvalue weighted by Crippen LogP contribution is 2.40. The summed E-state index contributed by atoms with van der Waals surface area (Å²) in [6, 6.07) is 6.61. The fourth-order valence-electron chi connectivity index (χ4n) is 2.15. The third kappa shape index (κ3) is 3.04. The molecule has 0 spiro atoms. The lowest BCUT2D eigenvalue weighted by Crippen LogP contribution is -2.11. The van der Waals surface area contributed by atoms with E-state index in [9.17, 15) is 12.8 Å². The van der Waals surface area contributed by atoms with Gasteiger partial charge in [0.25, 0.3) is 10.0 Å². The van der Waals surface area contributed by atoms with Crippen LogP contribution in [0.4, 0.5) is 10.1 Å². The molecule has 0 bridgehead atoms. The van der Waals surface area contributed by atoms with Gasteiger partial charge >= 0.3 is 0 Å². The van der Waals surface area contributed by atoms with Gasteiger partial charge in [0.1, 0.15) is 10.0 Å². The highest BCUT2D eigenvalue weighted by atomic mass is 32.2. The van der Waals surface area contributed by atoms with Crippen LogP contribution in [0.1, 0.15) is 24.7 Å². The second kappa shape index (κ2) is 5.67. The Morgan fingerprint density at radius 1 is 1.25 bits per heavy atom. The number of rotatable bonds is 5. The normalized spacial score (nSPS) is 14.7. The van der Waals surface area contributed by atoms with Gasteiger partial charge in [-0.05, 0) is 43.2 Å². The zero-order valence-electron chi connectivity index (χ0n) is 12.3. The number of nitrogens with one attached hydrogen (secondary N) is 1. The third-order valence-electron chi connectivity index (χ3n) is 3.56. The molecule has 0 amide bonds. The van der Waals surface area contributed by atoms with E-state index < -0.39 is 15.8 Å². The van der Waals surface area contributed by atoms with Crippen molar-refractivity contribution in [3.63, 3.8) is 0 Å². The fourth-order valence-corrected chi connectivity index (χ4v) is 4.36. The van der Waals surface area contributed by atoms with E-state index in [1.807, 2.05) is 0 Å². The van der Waals surface area contributed by atoms with Gasteiger partial charge in [-0.1, -0.05) is 5.16 Å². The molecule has 2 heterocycles. The van der Waals surface area contributed by atoms with Gasteiger partial charge in [-0.15, -0.1) is 11.3 Å². The van der Waals surface area contributed by atoms with Crippen LogP contribution in [0, 0.1) is 5.82 Å². The van der Waals surface area contributed by atoms with Crippen molar-refractivity contribution in [2.45, 2.75) is 23.0 Å². The van der Waals surface area contributed by atoms with Crippen LogP contribution >= 0.6 is 11.3 Å². The summed E-state index contributed by atoms with van der Waals surface area (Å²) in [5.74, 6) is 0.898. The van der Waals surface area contributed by atoms with Gasteiger partial charge in [0, 0.05) is 22.5 Å². The summed E-state index contributed by atoms with van der Waals surface area (Å²) in [5.41, 5.74) is 0.886. The standard InChI is InChI=1S/C15H12FN3O3S2/c16-11-3-5-12(6-4-11)19-24(20,21)13-7-10(8-23-13)14-17-15(22-18-14)9-1-2-9/h3-9,19H,1-2H2. The molecule has 0 unspecified atom stereocenters. The summed E-state index contributed by atoms with van der Waals surface area (Å²) in [5, 5.41) is 5.57. The molecule has 0 saturated heterocycles. The summed E-state index contributed by atoms with van der Waals surface area (Å²) in [6.45, 7) is 0. The Hall–Kier alpha value is -2.26. The summed E-state index contributed by atoms with van der Waals surface area (Å²) in [4.78, 5) is 4.30. The number of thiophene rings is 1. The van der Waals surface area contributed by atoms with Crippen molar-refractivity contribution in [3.05, 3.63) is 47.4 Å². The van der Waals surface area contributed by atoms with Crippen LogP contribution in [0.5, 0.6) is 0 Å². The molecule has 9 heteroatoms. The zero-order valence-corrected chi connectivity index (χ0v) is 13.9. The Balaban J connectivity index is 1.57. The lowest BCUT2D eigenvalue weighted by Gasteiger charge is -2.05. The van der Waals surface area contributed by atoms with E-state index in [-0.39, 0.29) is 4.21 Å². The van der Waals surface area contributed by atoms with Crippen molar-refractivity contribution < 1.29 is 17.3 Å². The van der Waals surface area contributed by atoms with Crippen molar-refractivity contribution in [1.82, 2.24) is 10.1 Å². The number of aromatic nitrogens is 2. The van der Waals surface area contributed by atoms with Crippen LogP contribution in [0.15, 0.2) is 44.4 Å². The monoisotopic (exact) mass is 365 g/mol. The molecule has 0 atom stereocenters. The minimum Gasteiger partial charge on any atom is -0.339 e. The number of anilines is 1. The molecule has 2 aromatic heterocycles. The van der Waals surface area contributed by atoms with E-state index in [0.29, 0.717) is 28.9 Å². The maximum absolute atomic E-state index is 12.9. The van der Waals surface area contributed by atoms with E-state index in [4.69, 9.17) is 4.52 Å². The summed E-state index contributed by atoms with van der Waals surface area (Å²) in [6.07, 6.45) is 2.10. The molecule has 0 aliphatic heterocycles. The Bertz CT molecular complexity index is 976. The molecule has 0 radical (unpaired) electrons. The summed E-state index contributed by atoms with van der Waals surface area (Å²) >= 11 is 1.06. The average Bonchev–Trinajstić information content (AvgIpc) is 3.09. The Labute approximate surface area is 141 Å². The van der Waals surface area contributed by atoms with Gasteiger partial charge < -0.3 is 4.52 Å². The number of sulfonamides is 1. The molecule has 1 aliphatic rings. The minimum atomic E-state index is -3.75. The number of nitrogens with zero attached hydrogens (tertiary/aromatic N) is 2. The van der Waals surface area contributed by atoms with E-state index in [2.05, 4.69) is 14.9 Å². The van der Waals surface area contributed by atoms with Crippen molar-refractivity contribution in [2.75, 3.05) is 4.72 Å². The first kappa shape index (κ1) is 15.3. The van der Waals surface area contributed by atoms with Crippen LogP contribution in [0.2, 0.25) is 0 Å². The Kier molecular flexibility index (Phi) is 3.61. The van der Waals surface area contributed by atoms with Gasteiger partial charge in [-0.25, -0.2) is 12.8 Å². The lowest BCUT2D eigenvalue weighted by atomic mass is 10.3. The van der Waals surface area contributed by atoms with Crippen LogP contribution in [0.3, 0.4) is 0 Å². The van der Waals surface area contributed by atoms with Gasteiger partial charge in [0.2, 0.25) is 11.7 Å². The first-order valence-electron chi connectivity index (χ1n) is 7.22. The molecule has 1 aromatic carbocycles. The smallest absolute Gasteiger partial charge is 0.271 e. The maximum Gasteiger partial charge on any atom is 0.271 e. The fraction of sp³-hybridized carbons (Fsp3) is 0.200. The molecular weight excluding hydrogens is 353 g/mol. The number of hydrogen-bond donors (Lipinski definition) is 1. The van der Waals surface area contributed by atoms with Crippen molar-refractivity contribution in [2.24, 2.45) is 0 Å². The topological polar surface area (TPSA) is 85.1 Å². The third-order valence-corrected chi connectivity index (χ3v) is 6.38. The predicted molar refractivity (Wildman–Crippen MR) is 86.8 cm³/mol. The first-order valence-corrected chi connectivity index (χ1v) is 9.58. The molecule has 1 aliphatic carbocycles. The van der Waals surface area contributed by atoms with Crippen molar-refractivity contribution in [1.29, 1.82) is 0 Å². The quantitative estimate of drug-likeness (QED) is 0.746. The highest BCUT2D eigenvalue weighted by Gasteiger charge is 2.30. The molecule has 6 nitrogen and oxygen atoms in total. The average molecular weight is 365 g/mol. The first-order chi connectivity index (χ1) is 11.5. The van der Waals surface area contributed by atoms with E-state index in [1.54, 1.807) is 5.38 Å². The Morgan fingerprint density at radius 2 is 2.00 bits per heavy atom. The molecule has 24 heavy (non-hydrogen) atoms. The van der Waals surface area contributed by atoms with Gasteiger partial charge in [0.15, 0.2) is 0 Å². The van der Waals surface area contributed by atoms with E-state index in [1.165, 1.54) is 30.3 Å². The molecular formula is C15H12FN3O3S2. The van der Waals surface area contributed by atoms with Crippen molar-refractivity contribution in [3.8, 4) is 11.4 Å². The molecule has 4 rings (SSSR count). The van der Waals surface area contributed by atoms with Crippen LogP contribution in [0.25, 0.3) is 11.4 Å². The predicted octanol–water partition coefficient (Wildman–Crippen LogP) is 3.62.